The summed E-state index contributed by atoms with van der Waals surface area (Å²) in [6.45, 7) is 5.22. The lowest BCUT2D eigenvalue weighted by Crippen LogP contribution is -2.57. The Hall–Kier alpha value is -1.51. The molecule has 0 aliphatic carbocycles. The molecule has 21 heavy (non-hydrogen) atoms. The predicted molar refractivity (Wildman–Crippen MR) is 69.5 cm³/mol. The largest absolute Gasteiger partial charge is 0.479 e. The quantitative estimate of drug-likeness (QED) is 0.836. The molecule has 114 valence electrons. The summed E-state index contributed by atoms with van der Waals surface area (Å²) in [4.78, 5) is 20.2. The second-order valence-electron chi connectivity index (χ2n) is 5.87. The Labute approximate surface area is 121 Å². The van der Waals surface area contributed by atoms with Gasteiger partial charge in [0.05, 0.1) is 6.04 Å². The van der Waals surface area contributed by atoms with Gasteiger partial charge in [-0.15, -0.1) is 0 Å². The van der Waals surface area contributed by atoms with Crippen LogP contribution in [0.5, 0.6) is 0 Å². The topological polar surface area (TPSA) is 91.9 Å². The van der Waals surface area contributed by atoms with E-state index in [4.69, 9.17) is 14.4 Å². The van der Waals surface area contributed by atoms with Crippen LogP contribution in [0.2, 0.25) is 0 Å². The Morgan fingerprint density at radius 2 is 2.05 bits per heavy atom. The summed E-state index contributed by atoms with van der Waals surface area (Å²) in [7, 11) is 0. The van der Waals surface area contributed by atoms with Crippen LogP contribution in [0.1, 0.15) is 36.7 Å². The Morgan fingerprint density at radius 1 is 1.24 bits per heavy atom. The van der Waals surface area contributed by atoms with E-state index in [-0.39, 0.29) is 12.1 Å². The van der Waals surface area contributed by atoms with Crippen molar-refractivity contribution in [3.05, 3.63) is 11.7 Å². The first-order valence-corrected chi connectivity index (χ1v) is 7.39. The van der Waals surface area contributed by atoms with Gasteiger partial charge in [0.2, 0.25) is 0 Å². The number of nitrogens with zero attached hydrogens (tertiary/aromatic N) is 4. The minimum Gasteiger partial charge on any atom is -0.479 e. The Bertz CT molecular complexity index is 540. The van der Waals surface area contributed by atoms with E-state index in [0.717, 1.165) is 32.7 Å². The van der Waals surface area contributed by atoms with Crippen molar-refractivity contribution in [1.82, 2.24) is 19.9 Å². The SMILES string of the molecule is O=C(O)C1CCC(c2nc(C3CN4CCN3CC4)no2)O1. The second kappa shape index (κ2) is 5.04. The summed E-state index contributed by atoms with van der Waals surface area (Å²) in [5.74, 6) is 0.170. The van der Waals surface area contributed by atoms with Gasteiger partial charge in [0.15, 0.2) is 11.9 Å². The molecule has 5 heterocycles. The fourth-order valence-electron chi connectivity index (χ4n) is 3.38. The lowest BCUT2D eigenvalue weighted by Gasteiger charge is -2.46. The monoisotopic (exact) mass is 294 g/mol. The standard InChI is InChI=1S/C13H18N4O4/c18-13(19)10-2-1-9(20-10)12-14-11(15-21-12)8-7-16-3-5-17(8)6-4-16/h8-10H,1-7H2,(H,18,19). The van der Waals surface area contributed by atoms with Gasteiger partial charge in [0.1, 0.15) is 6.10 Å². The summed E-state index contributed by atoms with van der Waals surface area (Å²) in [5, 5.41) is 13.0. The highest BCUT2D eigenvalue weighted by atomic mass is 16.5. The molecule has 0 aromatic carbocycles. The zero-order chi connectivity index (χ0) is 14.4. The summed E-state index contributed by atoms with van der Waals surface area (Å²) in [6, 6.07) is 0.182. The van der Waals surface area contributed by atoms with Crippen LogP contribution in [0, 0.1) is 0 Å². The summed E-state index contributed by atoms with van der Waals surface area (Å²) in [5.41, 5.74) is 0. The van der Waals surface area contributed by atoms with Gasteiger partial charge in [0, 0.05) is 32.7 Å². The number of fused-ring (bicyclic) bond motifs is 3. The Balaban J connectivity index is 1.48. The molecule has 4 saturated heterocycles. The molecular formula is C13H18N4O4. The molecular weight excluding hydrogens is 276 g/mol. The number of hydrogen-bond acceptors (Lipinski definition) is 7. The Kier molecular flexibility index (Phi) is 3.16. The highest BCUT2D eigenvalue weighted by Gasteiger charge is 2.38. The second-order valence-corrected chi connectivity index (χ2v) is 5.87. The van der Waals surface area contributed by atoms with E-state index in [1.807, 2.05) is 0 Å². The van der Waals surface area contributed by atoms with Crippen LogP contribution in [-0.2, 0) is 9.53 Å². The normalized spacial score (nSPS) is 38.8. The van der Waals surface area contributed by atoms with Gasteiger partial charge in [0.25, 0.3) is 5.89 Å². The minimum atomic E-state index is -0.930. The van der Waals surface area contributed by atoms with E-state index in [2.05, 4.69) is 19.9 Å². The number of hydrogen-bond donors (Lipinski definition) is 1. The van der Waals surface area contributed by atoms with Crippen molar-refractivity contribution in [1.29, 1.82) is 0 Å². The first-order chi connectivity index (χ1) is 10.2. The van der Waals surface area contributed by atoms with Gasteiger partial charge in [-0.1, -0.05) is 5.16 Å². The minimum absolute atomic E-state index is 0.182. The van der Waals surface area contributed by atoms with Gasteiger partial charge in [-0.2, -0.15) is 4.98 Å². The van der Waals surface area contributed by atoms with Crippen molar-refractivity contribution >= 4 is 5.97 Å². The molecule has 0 spiro atoms. The van der Waals surface area contributed by atoms with Crippen LogP contribution in [0.4, 0.5) is 0 Å². The highest BCUT2D eigenvalue weighted by molar-refractivity contribution is 5.72. The molecule has 3 unspecified atom stereocenters. The number of ether oxygens (including phenoxy) is 1. The maximum atomic E-state index is 10.9. The third-order valence-corrected chi connectivity index (χ3v) is 4.60. The molecule has 5 rings (SSSR count). The smallest absolute Gasteiger partial charge is 0.332 e. The molecule has 8 nitrogen and oxygen atoms in total. The zero-order valence-corrected chi connectivity index (χ0v) is 11.6. The molecule has 0 radical (unpaired) electrons. The molecule has 4 fully saturated rings. The summed E-state index contributed by atoms with van der Waals surface area (Å²) in [6.07, 6.45) is -0.0468. The van der Waals surface area contributed by atoms with Crippen molar-refractivity contribution in [2.45, 2.75) is 31.1 Å². The summed E-state index contributed by atoms with van der Waals surface area (Å²) >= 11 is 0. The highest BCUT2D eigenvalue weighted by Crippen LogP contribution is 2.33. The number of piperazine rings is 3. The van der Waals surface area contributed by atoms with Crippen LogP contribution in [0.25, 0.3) is 0 Å². The van der Waals surface area contributed by atoms with Crippen molar-refractivity contribution in [2.75, 3.05) is 32.7 Å². The fraction of sp³-hybridized carbons (Fsp3) is 0.769. The lowest BCUT2D eigenvalue weighted by atomic mass is 10.1. The van der Waals surface area contributed by atoms with Gasteiger partial charge in [-0.25, -0.2) is 4.79 Å². The number of aliphatic carboxylic acids is 1. The van der Waals surface area contributed by atoms with Gasteiger partial charge >= 0.3 is 5.97 Å². The van der Waals surface area contributed by atoms with Gasteiger partial charge in [-0.05, 0) is 12.8 Å². The molecule has 3 atom stereocenters. The lowest BCUT2D eigenvalue weighted by molar-refractivity contribution is -0.150. The van der Waals surface area contributed by atoms with Gasteiger partial charge in [-0.3, -0.25) is 9.80 Å². The van der Waals surface area contributed by atoms with E-state index in [1.165, 1.54) is 0 Å². The van der Waals surface area contributed by atoms with Crippen LogP contribution in [0.15, 0.2) is 4.52 Å². The predicted octanol–water partition coefficient (Wildman–Crippen LogP) is 0.0466. The van der Waals surface area contributed by atoms with Crippen LogP contribution in [-0.4, -0.2) is 69.8 Å². The number of carboxylic acids is 1. The fourth-order valence-corrected chi connectivity index (χ4v) is 3.38. The molecule has 1 aromatic heterocycles. The van der Waals surface area contributed by atoms with Gasteiger partial charge < -0.3 is 14.4 Å². The third-order valence-electron chi connectivity index (χ3n) is 4.60. The van der Waals surface area contributed by atoms with E-state index >= 15 is 0 Å². The Morgan fingerprint density at radius 3 is 2.67 bits per heavy atom. The number of aromatic nitrogens is 2. The van der Waals surface area contributed by atoms with Crippen molar-refractivity contribution in [2.24, 2.45) is 0 Å². The molecule has 4 aliphatic heterocycles. The first-order valence-electron chi connectivity index (χ1n) is 7.39. The molecule has 2 bridgehead atoms. The number of rotatable bonds is 3. The average Bonchev–Trinajstić information content (AvgIpc) is 3.17. The van der Waals surface area contributed by atoms with Crippen molar-refractivity contribution < 1.29 is 19.2 Å². The maximum Gasteiger partial charge on any atom is 0.332 e. The number of carbonyl (C=O) groups is 1. The molecule has 0 saturated carbocycles. The third kappa shape index (κ3) is 2.33. The van der Waals surface area contributed by atoms with E-state index in [9.17, 15) is 4.79 Å². The summed E-state index contributed by atoms with van der Waals surface area (Å²) < 4.78 is 10.8. The molecule has 1 N–H and O–H groups in total. The average molecular weight is 294 g/mol. The number of carboxylic acid groups (broad SMARTS) is 1. The van der Waals surface area contributed by atoms with Crippen LogP contribution >= 0.6 is 0 Å². The van der Waals surface area contributed by atoms with Crippen molar-refractivity contribution in [3.8, 4) is 0 Å². The molecule has 8 heteroatoms. The van der Waals surface area contributed by atoms with Crippen molar-refractivity contribution in [3.63, 3.8) is 0 Å². The zero-order valence-electron chi connectivity index (χ0n) is 11.6. The van der Waals surface area contributed by atoms with E-state index < -0.39 is 12.1 Å². The molecule has 4 aliphatic rings. The molecule has 1 aromatic rings. The van der Waals surface area contributed by atoms with E-state index in [1.54, 1.807) is 0 Å². The van der Waals surface area contributed by atoms with E-state index in [0.29, 0.717) is 24.6 Å². The maximum absolute atomic E-state index is 10.9. The van der Waals surface area contributed by atoms with Crippen LogP contribution in [0.3, 0.4) is 0 Å². The first kappa shape index (κ1) is 13.2. The molecule has 0 amide bonds. The van der Waals surface area contributed by atoms with Crippen LogP contribution < -0.4 is 0 Å².